The summed E-state index contributed by atoms with van der Waals surface area (Å²) >= 11 is 0. The van der Waals surface area contributed by atoms with Gasteiger partial charge in [0.25, 0.3) is 0 Å². The number of benzene rings is 1. The molecule has 3 atom stereocenters. The summed E-state index contributed by atoms with van der Waals surface area (Å²) in [6, 6.07) is 4.70. The van der Waals surface area contributed by atoms with Gasteiger partial charge in [0, 0.05) is 17.5 Å². The van der Waals surface area contributed by atoms with Crippen molar-refractivity contribution in [3.8, 4) is 5.75 Å². The van der Waals surface area contributed by atoms with Crippen LogP contribution in [0.4, 0.5) is 5.69 Å². The van der Waals surface area contributed by atoms with E-state index in [1.165, 1.54) is 18.9 Å². The third-order valence-electron chi connectivity index (χ3n) is 5.82. The van der Waals surface area contributed by atoms with Gasteiger partial charge in [-0.15, -0.1) is 0 Å². The van der Waals surface area contributed by atoms with Gasteiger partial charge in [-0.3, -0.25) is 14.9 Å². The lowest BCUT2D eigenvalue weighted by Crippen LogP contribution is -2.23. The van der Waals surface area contributed by atoms with Crippen molar-refractivity contribution >= 4 is 17.3 Å². The molecule has 140 valence electrons. The molecule has 7 nitrogen and oxygen atoms in total. The minimum absolute atomic E-state index is 0.0382. The van der Waals surface area contributed by atoms with Crippen LogP contribution in [-0.4, -0.2) is 23.1 Å². The van der Waals surface area contributed by atoms with E-state index in [4.69, 9.17) is 4.74 Å². The molecule has 0 unspecified atom stereocenters. The fourth-order valence-corrected chi connectivity index (χ4v) is 4.29. The summed E-state index contributed by atoms with van der Waals surface area (Å²) in [5.41, 5.74) is 3.79. The summed E-state index contributed by atoms with van der Waals surface area (Å²) in [6.07, 6.45) is 4.60. The van der Waals surface area contributed by atoms with E-state index < -0.39 is 4.92 Å². The molecule has 1 aromatic carbocycles. The number of carbonyl (C=O) groups excluding carboxylic acids is 1. The molecule has 2 aliphatic rings. The number of carbonyl (C=O) groups is 1. The molecule has 2 fully saturated rings. The Kier molecular flexibility index (Phi) is 4.98. The lowest BCUT2D eigenvalue weighted by molar-refractivity contribution is -0.385. The number of rotatable bonds is 6. The van der Waals surface area contributed by atoms with E-state index in [1.807, 2.05) is 0 Å². The van der Waals surface area contributed by atoms with Crippen molar-refractivity contribution in [3.63, 3.8) is 0 Å². The van der Waals surface area contributed by atoms with Crippen molar-refractivity contribution in [2.45, 2.75) is 46.5 Å². The van der Waals surface area contributed by atoms with Crippen molar-refractivity contribution < 1.29 is 14.5 Å². The van der Waals surface area contributed by atoms with E-state index in [0.29, 0.717) is 23.8 Å². The Bertz CT molecular complexity index is 761. The average Bonchev–Trinajstić information content (AvgIpc) is 3.25. The van der Waals surface area contributed by atoms with Gasteiger partial charge in [0.1, 0.15) is 0 Å². The van der Waals surface area contributed by atoms with Crippen LogP contribution in [0.5, 0.6) is 5.75 Å². The van der Waals surface area contributed by atoms with Gasteiger partial charge in [-0.05, 0) is 50.2 Å². The molecule has 0 bridgehead atoms. The van der Waals surface area contributed by atoms with Crippen molar-refractivity contribution in [2.24, 2.45) is 22.4 Å². The molecular weight excluding hydrogens is 334 g/mol. The topological polar surface area (TPSA) is 93.8 Å². The molecule has 0 radical (unpaired) electrons. The van der Waals surface area contributed by atoms with Crippen LogP contribution >= 0.6 is 0 Å². The number of nitrogens with zero attached hydrogens (tertiary/aromatic N) is 2. The number of fused-ring (bicyclic) bond motifs is 1. The first-order valence-corrected chi connectivity index (χ1v) is 9.14. The summed E-state index contributed by atoms with van der Waals surface area (Å²) in [7, 11) is 0. The summed E-state index contributed by atoms with van der Waals surface area (Å²) in [5, 5.41) is 15.4. The molecule has 0 aliphatic heterocycles. The Hall–Kier alpha value is -2.44. The fourth-order valence-electron chi connectivity index (χ4n) is 4.29. The van der Waals surface area contributed by atoms with Crippen molar-refractivity contribution in [1.29, 1.82) is 0 Å². The second kappa shape index (κ2) is 7.05. The van der Waals surface area contributed by atoms with Crippen molar-refractivity contribution in [1.82, 2.24) is 5.43 Å². The van der Waals surface area contributed by atoms with Crippen molar-refractivity contribution in [2.75, 3.05) is 6.61 Å². The highest BCUT2D eigenvalue weighted by atomic mass is 16.6. The molecule has 1 amide bonds. The number of amides is 1. The molecule has 26 heavy (non-hydrogen) atoms. The molecule has 0 aromatic heterocycles. The molecule has 0 saturated heterocycles. The van der Waals surface area contributed by atoms with E-state index in [9.17, 15) is 14.9 Å². The quantitative estimate of drug-likeness (QED) is 0.476. The SMILES string of the molecule is CCOc1ccc(/C(C)=N\NC(=O)[C@H]2[C@@H]3CCCC[C@@]32C)cc1[N+](=O)[O-]. The Morgan fingerprint density at radius 3 is 2.85 bits per heavy atom. The Balaban J connectivity index is 1.71. The van der Waals surface area contributed by atoms with Crippen LogP contribution in [0.25, 0.3) is 0 Å². The zero-order chi connectivity index (χ0) is 18.9. The third-order valence-corrected chi connectivity index (χ3v) is 5.82. The molecular formula is C19H25N3O4. The van der Waals surface area contributed by atoms with Crippen LogP contribution in [0, 0.1) is 27.4 Å². The summed E-state index contributed by atoms with van der Waals surface area (Å²) in [4.78, 5) is 23.2. The van der Waals surface area contributed by atoms with E-state index in [-0.39, 0.29) is 28.7 Å². The third kappa shape index (κ3) is 3.30. The molecule has 0 heterocycles. The first-order chi connectivity index (χ1) is 12.4. The van der Waals surface area contributed by atoms with Crippen LogP contribution < -0.4 is 10.2 Å². The fraction of sp³-hybridized carbons (Fsp3) is 0.579. The predicted molar refractivity (Wildman–Crippen MR) is 98.2 cm³/mol. The normalized spacial score (nSPS) is 27.4. The standard InChI is InChI=1S/C19H25N3O4/c1-4-26-16-9-8-13(11-15(16)22(24)25)12(2)20-21-18(23)17-14-7-5-6-10-19(14,17)3/h8-9,11,14,17H,4-7,10H2,1-3H3,(H,21,23)/b20-12-/t14-,17+,19-/m0/s1. The first-order valence-electron chi connectivity index (χ1n) is 9.14. The predicted octanol–water partition coefficient (Wildman–Crippen LogP) is 3.66. The van der Waals surface area contributed by atoms with Crippen LogP contribution in [0.2, 0.25) is 0 Å². The Labute approximate surface area is 153 Å². The lowest BCUT2D eigenvalue weighted by Gasteiger charge is -2.15. The molecule has 0 spiro atoms. The Morgan fingerprint density at radius 1 is 1.46 bits per heavy atom. The summed E-state index contributed by atoms with van der Waals surface area (Å²) in [6.45, 7) is 6.04. The van der Waals surface area contributed by atoms with E-state index in [0.717, 1.165) is 12.8 Å². The second-order valence-electron chi connectivity index (χ2n) is 7.38. The van der Waals surface area contributed by atoms with Crippen LogP contribution in [0.1, 0.15) is 52.0 Å². The van der Waals surface area contributed by atoms with Crippen LogP contribution in [-0.2, 0) is 4.79 Å². The molecule has 1 N–H and O–H groups in total. The second-order valence-corrected chi connectivity index (χ2v) is 7.38. The number of hydrogen-bond donors (Lipinski definition) is 1. The number of nitro groups is 1. The maximum atomic E-state index is 12.5. The number of hydrazone groups is 1. The molecule has 1 aromatic rings. The number of ether oxygens (including phenoxy) is 1. The van der Waals surface area contributed by atoms with E-state index >= 15 is 0 Å². The van der Waals surface area contributed by atoms with Gasteiger partial charge < -0.3 is 4.74 Å². The van der Waals surface area contributed by atoms with Gasteiger partial charge in [-0.1, -0.05) is 19.8 Å². The van der Waals surface area contributed by atoms with Gasteiger partial charge in [-0.25, -0.2) is 5.43 Å². The number of hydrogen-bond acceptors (Lipinski definition) is 5. The Morgan fingerprint density at radius 2 is 2.23 bits per heavy atom. The monoisotopic (exact) mass is 359 g/mol. The van der Waals surface area contributed by atoms with Gasteiger partial charge in [0.2, 0.25) is 5.91 Å². The zero-order valence-electron chi connectivity index (χ0n) is 15.4. The van der Waals surface area contributed by atoms with Crippen LogP contribution in [0.15, 0.2) is 23.3 Å². The maximum absolute atomic E-state index is 12.5. The highest BCUT2D eigenvalue weighted by Crippen LogP contribution is 2.66. The zero-order valence-corrected chi connectivity index (χ0v) is 15.4. The van der Waals surface area contributed by atoms with Crippen LogP contribution in [0.3, 0.4) is 0 Å². The highest BCUT2D eigenvalue weighted by Gasteiger charge is 2.64. The minimum atomic E-state index is -0.476. The molecule has 2 saturated carbocycles. The molecule has 2 aliphatic carbocycles. The largest absolute Gasteiger partial charge is 0.487 e. The van der Waals surface area contributed by atoms with Gasteiger partial charge in [0.05, 0.1) is 17.2 Å². The lowest BCUT2D eigenvalue weighted by atomic mass is 9.90. The van der Waals surface area contributed by atoms with Crippen molar-refractivity contribution in [3.05, 3.63) is 33.9 Å². The number of nitrogens with one attached hydrogen (secondary N) is 1. The molecule has 7 heteroatoms. The first kappa shape index (κ1) is 18.4. The van der Waals surface area contributed by atoms with Gasteiger partial charge >= 0.3 is 5.69 Å². The average molecular weight is 359 g/mol. The van der Waals surface area contributed by atoms with Gasteiger partial charge in [-0.2, -0.15) is 5.10 Å². The minimum Gasteiger partial charge on any atom is -0.487 e. The maximum Gasteiger partial charge on any atom is 0.311 e. The smallest absolute Gasteiger partial charge is 0.311 e. The highest BCUT2D eigenvalue weighted by molar-refractivity contribution is 6.00. The van der Waals surface area contributed by atoms with E-state index in [2.05, 4.69) is 17.5 Å². The van der Waals surface area contributed by atoms with E-state index in [1.54, 1.807) is 26.0 Å². The number of nitro benzene ring substituents is 1. The molecule has 3 rings (SSSR count). The summed E-state index contributed by atoms with van der Waals surface area (Å²) in [5.74, 6) is 0.696. The van der Waals surface area contributed by atoms with Gasteiger partial charge in [0.15, 0.2) is 5.75 Å². The summed E-state index contributed by atoms with van der Waals surface area (Å²) < 4.78 is 5.28.